The van der Waals surface area contributed by atoms with Crippen LogP contribution in [0.1, 0.15) is 0 Å². The Morgan fingerprint density at radius 2 is 1.60 bits per heavy atom. The first-order valence-electron chi connectivity index (χ1n) is 0.995. The molecule has 0 atom stereocenters. The van der Waals surface area contributed by atoms with Gasteiger partial charge in [-0.25, -0.2) is 6.49 Å². The van der Waals surface area contributed by atoms with Crippen molar-refractivity contribution < 1.29 is 9.79 Å². The van der Waals surface area contributed by atoms with Crippen molar-refractivity contribution in [2.75, 3.05) is 6.66 Å². The first-order chi connectivity index (χ1) is 2.00. The summed E-state index contributed by atoms with van der Waals surface area (Å²) < 4.78 is 0. The highest BCUT2D eigenvalue weighted by Crippen LogP contribution is 2.13. The SMILES string of the molecule is CP([O-])([O-])=S. The summed E-state index contributed by atoms with van der Waals surface area (Å²) in [5.74, 6) is 0. The van der Waals surface area contributed by atoms with Crippen LogP contribution in [0, 0.1) is 0 Å². The van der Waals surface area contributed by atoms with Crippen LogP contribution in [0.5, 0.6) is 0 Å². The minimum Gasteiger partial charge on any atom is -0.832 e. The van der Waals surface area contributed by atoms with Gasteiger partial charge in [0.2, 0.25) is 0 Å². The van der Waals surface area contributed by atoms with Gasteiger partial charge < -0.3 is 9.79 Å². The van der Waals surface area contributed by atoms with Crippen molar-refractivity contribution >= 4 is 18.3 Å². The minimum absolute atomic E-state index is 1.00. The van der Waals surface area contributed by atoms with Gasteiger partial charge in [0.1, 0.15) is 0 Å². The molecule has 0 unspecified atom stereocenters. The molecule has 0 spiro atoms. The lowest BCUT2D eigenvalue weighted by molar-refractivity contribution is -0.292. The van der Waals surface area contributed by atoms with Gasteiger partial charge >= 0.3 is 0 Å². The Bertz CT molecular complexity index is 55.8. The molecule has 0 aliphatic carbocycles. The summed E-state index contributed by atoms with van der Waals surface area (Å²) in [5, 5.41) is 0. The van der Waals surface area contributed by atoms with Gasteiger partial charge in [0.25, 0.3) is 0 Å². The molecule has 0 amide bonds. The van der Waals surface area contributed by atoms with Crippen molar-refractivity contribution in [2.45, 2.75) is 0 Å². The third-order valence-electron chi connectivity index (χ3n) is 0. The third kappa shape index (κ3) is 92.9. The van der Waals surface area contributed by atoms with Crippen LogP contribution in [0.25, 0.3) is 0 Å². The van der Waals surface area contributed by atoms with E-state index in [4.69, 9.17) is 0 Å². The van der Waals surface area contributed by atoms with Crippen LogP contribution in [0.2, 0.25) is 0 Å². The van der Waals surface area contributed by atoms with Gasteiger partial charge in [-0.2, -0.15) is 0 Å². The zero-order chi connectivity index (χ0) is 4.50. The molecule has 0 aliphatic heterocycles. The van der Waals surface area contributed by atoms with E-state index in [-0.39, 0.29) is 0 Å². The van der Waals surface area contributed by atoms with Crippen molar-refractivity contribution in [3.05, 3.63) is 0 Å². The molecule has 0 saturated heterocycles. The maximum atomic E-state index is 9.47. The first kappa shape index (κ1) is 5.57. The highest BCUT2D eigenvalue weighted by molar-refractivity contribution is 8.07. The lowest BCUT2D eigenvalue weighted by Gasteiger charge is -2.28. The third-order valence-corrected chi connectivity index (χ3v) is 0. The maximum absolute atomic E-state index is 9.47. The molecule has 2 nitrogen and oxygen atoms in total. The molecule has 4 heteroatoms. The number of rotatable bonds is 0. The smallest absolute Gasteiger partial charge is 0.0623 e. The molecular weight excluding hydrogens is 107 g/mol. The van der Waals surface area contributed by atoms with Gasteiger partial charge in [-0.15, -0.1) is 11.8 Å². The van der Waals surface area contributed by atoms with Crippen LogP contribution in [0.15, 0.2) is 0 Å². The van der Waals surface area contributed by atoms with Crippen LogP contribution < -0.4 is 9.79 Å². The van der Waals surface area contributed by atoms with Gasteiger partial charge in [-0.1, -0.05) is 6.66 Å². The predicted octanol–water partition coefficient (Wildman–Crippen LogP) is -1.35. The fourth-order valence-corrected chi connectivity index (χ4v) is 0. The standard InChI is InChI=1S/CH5O2PS/c1-4(2,3)5/h1H3,(H2,2,3,5)/p-2. The Labute approximate surface area is 35.6 Å². The second kappa shape index (κ2) is 1.35. The van der Waals surface area contributed by atoms with Crippen LogP contribution in [0.4, 0.5) is 0 Å². The first-order valence-corrected chi connectivity index (χ1v) is 4.08. The van der Waals surface area contributed by atoms with Crippen LogP contribution >= 0.6 is 6.49 Å². The Hall–Kier alpha value is 0.570. The van der Waals surface area contributed by atoms with Gasteiger partial charge in [0.05, 0.1) is 0 Å². The Morgan fingerprint density at radius 1 is 1.60 bits per heavy atom. The predicted molar refractivity (Wildman–Crippen MR) is 20.2 cm³/mol. The summed E-state index contributed by atoms with van der Waals surface area (Å²) in [7, 11) is 0. The van der Waals surface area contributed by atoms with Gasteiger partial charge in [-0.3, -0.25) is 0 Å². The summed E-state index contributed by atoms with van der Waals surface area (Å²) in [5.41, 5.74) is 0. The molecule has 32 valence electrons. The Balaban J connectivity index is 3.47. The lowest BCUT2D eigenvalue weighted by atomic mass is 12.0. The van der Waals surface area contributed by atoms with Gasteiger partial charge in [0, 0.05) is 0 Å². The largest absolute Gasteiger partial charge is 0.832 e. The van der Waals surface area contributed by atoms with E-state index in [2.05, 4.69) is 11.8 Å². The van der Waals surface area contributed by atoms with E-state index < -0.39 is 6.49 Å². The lowest BCUT2D eigenvalue weighted by Crippen LogP contribution is -2.10. The normalized spacial score (nSPS) is 11.8. The van der Waals surface area contributed by atoms with E-state index in [1.54, 1.807) is 0 Å². The monoisotopic (exact) mass is 110 g/mol. The molecule has 0 rings (SSSR count). The van der Waals surface area contributed by atoms with E-state index in [0.717, 1.165) is 6.66 Å². The van der Waals surface area contributed by atoms with Gasteiger partial charge in [0.15, 0.2) is 0 Å². The molecule has 0 aromatic rings. The minimum atomic E-state index is -3.31. The van der Waals surface area contributed by atoms with Crippen molar-refractivity contribution in [1.82, 2.24) is 0 Å². The van der Waals surface area contributed by atoms with E-state index >= 15 is 0 Å². The van der Waals surface area contributed by atoms with Crippen molar-refractivity contribution in [3.63, 3.8) is 0 Å². The summed E-state index contributed by atoms with van der Waals surface area (Å²) in [4.78, 5) is 18.9. The molecule has 0 saturated carbocycles. The zero-order valence-corrected chi connectivity index (χ0v) is 4.38. The molecule has 0 heterocycles. The van der Waals surface area contributed by atoms with Crippen molar-refractivity contribution in [3.8, 4) is 0 Å². The van der Waals surface area contributed by atoms with Crippen LogP contribution in [-0.4, -0.2) is 6.66 Å². The molecule has 0 fully saturated rings. The van der Waals surface area contributed by atoms with Gasteiger partial charge in [-0.05, 0) is 0 Å². The van der Waals surface area contributed by atoms with E-state index in [1.807, 2.05) is 0 Å². The molecule has 0 N–H and O–H groups in total. The number of hydrogen-bond acceptors (Lipinski definition) is 3. The van der Waals surface area contributed by atoms with E-state index in [9.17, 15) is 9.79 Å². The average molecular weight is 110 g/mol. The molecule has 0 aliphatic rings. The second-order valence-corrected chi connectivity index (χ2v) is 4.30. The van der Waals surface area contributed by atoms with E-state index in [1.165, 1.54) is 0 Å². The molecule has 0 bridgehead atoms. The van der Waals surface area contributed by atoms with Crippen LogP contribution in [0.3, 0.4) is 0 Å². The molecule has 0 aromatic heterocycles. The quantitative estimate of drug-likeness (QED) is 0.362. The second-order valence-electron chi connectivity index (χ2n) is 0.771. The Morgan fingerprint density at radius 3 is 1.60 bits per heavy atom. The fraction of sp³-hybridized carbons (Fsp3) is 1.00. The highest BCUT2D eigenvalue weighted by Gasteiger charge is 1.54. The summed E-state index contributed by atoms with van der Waals surface area (Å²) in [6.45, 7) is -2.30. The Kier molecular flexibility index (Phi) is 1.50. The fourth-order valence-electron chi connectivity index (χ4n) is 0. The van der Waals surface area contributed by atoms with E-state index in [0.29, 0.717) is 0 Å². The van der Waals surface area contributed by atoms with Crippen LogP contribution in [-0.2, 0) is 11.8 Å². The zero-order valence-electron chi connectivity index (χ0n) is 2.67. The maximum Gasteiger partial charge on any atom is -0.0623 e. The molecule has 5 heavy (non-hydrogen) atoms. The summed E-state index contributed by atoms with van der Waals surface area (Å²) >= 11 is 3.83. The summed E-state index contributed by atoms with van der Waals surface area (Å²) in [6.07, 6.45) is 0. The summed E-state index contributed by atoms with van der Waals surface area (Å²) in [6, 6.07) is 0. The topological polar surface area (TPSA) is 46.1 Å². The highest BCUT2D eigenvalue weighted by atomic mass is 32.5. The van der Waals surface area contributed by atoms with Crippen molar-refractivity contribution in [1.29, 1.82) is 0 Å². The molecule has 0 radical (unpaired) electrons. The van der Waals surface area contributed by atoms with Crippen molar-refractivity contribution in [2.24, 2.45) is 0 Å². The molecule has 0 aromatic carbocycles. The molecular formula is CH3O2PS-2. The number of hydrogen-bond donors (Lipinski definition) is 0. The average Bonchev–Trinajstić information content (AvgIpc) is 0.722.